The predicted octanol–water partition coefficient (Wildman–Crippen LogP) is 4.43. The number of likely N-dealkylation sites (tertiary alicyclic amines) is 1. The molecule has 1 amide bonds. The fourth-order valence-electron chi connectivity index (χ4n) is 4.68. The minimum atomic E-state index is -0.225. The lowest BCUT2D eigenvalue weighted by molar-refractivity contribution is -0.120. The summed E-state index contributed by atoms with van der Waals surface area (Å²) in [6.07, 6.45) is 4.34. The highest BCUT2D eigenvalue weighted by Crippen LogP contribution is 2.44. The molecule has 2 aliphatic heterocycles. The molecule has 1 fully saturated rings. The Morgan fingerprint density at radius 2 is 2.06 bits per heavy atom. The Morgan fingerprint density at radius 3 is 2.85 bits per heavy atom. The fraction of sp³-hybridized carbons (Fsp3) is 0.400. The molecule has 1 unspecified atom stereocenters. The SMILES string of the molecule is Cc1ccc(-n2cnnc2SCC(=O)NC2CC3(CCN(C)CC3)Oc3ccccc32)cc1Cl. The molecule has 0 radical (unpaired) electrons. The molecule has 2 aromatic carbocycles. The summed E-state index contributed by atoms with van der Waals surface area (Å²) in [4.78, 5) is 15.4. The molecule has 7 nitrogen and oxygen atoms in total. The zero-order valence-electron chi connectivity index (χ0n) is 19.3. The molecule has 1 spiro atoms. The van der Waals surface area contributed by atoms with E-state index in [0.717, 1.165) is 54.9 Å². The highest BCUT2D eigenvalue weighted by atomic mass is 35.5. The molecular weight excluding hydrogens is 470 g/mol. The predicted molar refractivity (Wildman–Crippen MR) is 134 cm³/mol. The van der Waals surface area contributed by atoms with E-state index >= 15 is 0 Å². The molecule has 0 saturated carbocycles. The molecule has 0 bridgehead atoms. The standard InChI is InChI=1S/C25H28ClN5O2S/c1-17-7-8-18(13-20(17)26)31-16-27-29-24(31)34-15-23(32)28-21-14-25(9-11-30(2)12-10-25)33-22-6-4-3-5-19(21)22/h3-8,13,16,21H,9-12,14-15H2,1-2H3,(H,28,32). The first kappa shape index (κ1) is 23.2. The van der Waals surface area contributed by atoms with Gasteiger partial charge in [0.05, 0.1) is 17.5 Å². The van der Waals surface area contributed by atoms with Crippen molar-refractivity contribution in [3.8, 4) is 11.4 Å². The van der Waals surface area contributed by atoms with Gasteiger partial charge in [-0.15, -0.1) is 10.2 Å². The van der Waals surface area contributed by atoms with Crippen molar-refractivity contribution < 1.29 is 9.53 Å². The van der Waals surface area contributed by atoms with Gasteiger partial charge < -0.3 is 15.0 Å². The molecule has 3 aromatic rings. The number of piperidine rings is 1. The third-order valence-electron chi connectivity index (χ3n) is 6.71. The minimum Gasteiger partial charge on any atom is -0.487 e. The average molecular weight is 498 g/mol. The topological polar surface area (TPSA) is 72.3 Å². The molecule has 5 rings (SSSR count). The number of aryl methyl sites for hydroxylation is 1. The lowest BCUT2D eigenvalue weighted by Gasteiger charge is -2.46. The highest BCUT2D eigenvalue weighted by Gasteiger charge is 2.43. The number of carbonyl (C=O) groups excluding carboxylic acids is 1. The van der Waals surface area contributed by atoms with Gasteiger partial charge in [-0.25, -0.2) is 0 Å². The van der Waals surface area contributed by atoms with Gasteiger partial charge in [0, 0.05) is 30.1 Å². The van der Waals surface area contributed by atoms with Crippen molar-refractivity contribution in [1.29, 1.82) is 0 Å². The van der Waals surface area contributed by atoms with Crippen molar-refractivity contribution in [1.82, 2.24) is 25.0 Å². The van der Waals surface area contributed by atoms with Gasteiger partial charge in [0.25, 0.3) is 0 Å². The molecule has 2 aliphatic rings. The molecule has 9 heteroatoms. The van der Waals surface area contributed by atoms with Crippen LogP contribution in [0.15, 0.2) is 53.9 Å². The van der Waals surface area contributed by atoms with Crippen LogP contribution in [-0.4, -0.2) is 57.1 Å². The summed E-state index contributed by atoms with van der Waals surface area (Å²) in [6.45, 7) is 3.96. The maximum absolute atomic E-state index is 13.0. The lowest BCUT2D eigenvalue weighted by Crippen LogP contribution is -2.51. The third-order valence-corrected chi connectivity index (χ3v) is 8.06. The van der Waals surface area contributed by atoms with E-state index in [2.05, 4.69) is 27.5 Å². The zero-order chi connectivity index (χ0) is 23.7. The van der Waals surface area contributed by atoms with Crippen molar-refractivity contribution in [2.24, 2.45) is 0 Å². The number of thioether (sulfide) groups is 1. The number of benzene rings is 2. The Labute approximate surface area is 208 Å². The van der Waals surface area contributed by atoms with E-state index in [-0.39, 0.29) is 23.3 Å². The number of amides is 1. The smallest absolute Gasteiger partial charge is 0.230 e. The van der Waals surface area contributed by atoms with Crippen molar-refractivity contribution in [2.75, 3.05) is 25.9 Å². The largest absolute Gasteiger partial charge is 0.487 e. The number of carbonyl (C=O) groups is 1. The van der Waals surface area contributed by atoms with Crippen LogP contribution in [0.3, 0.4) is 0 Å². The Hall–Kier alpha value is -2.55. The van der Waals surface area contributed by atoms with Gasteiger partial charge in [0.2, 0.25) is 5.91 Å². The monoisotopic (exact) mass is 497 g/mol. The number of halogens is 1. The van der Waals surface area contributed by atoms with Crippen LogP contribution >= 0.6 is 23.4 Å². The second-order valence-corrected chi connectivity index (χ2v) is 10.5. The van der Waals surface area contributed by atoms with Crippen LogP contribution in [0.5, 0.6) is 5.75 Å². The molecule has 1 atom stereocenters. The Balaban J connectivity index is 1.28. The van der Waals surface area contributed by atoms with Gasteiger partial charge in [-0.3, -0.25) is 9.36 Å². The van der Waals surface area contributed by atoms with Crippen molar-refractivity contribution >= 4 is 29.3 Å². The molecule has 178 valence electrons. The second kappa shape index (κ2) is 9.60. The summed E-state index contributed by atoms with van der Waals surface area (Å²) in [7, 11) is 2.14. The number of para-hydroxylation sites is 1. The maximum Gasteiger partial charge on any atom is 0.230 e. The zero-order valence-corrected chi connectivity index (χ0v) is 20.9. The number of ether oxygens (including phenoxy) is 1. The first-order valence-corrected chi connectivity index (χ1v) is 12.8. The number of aromatic nitrogens is 3. The summed E-state index contributed by atoms with van der Waals surface area (Å²) in [5, 5.41) is 12.8. The van der Waals surface area contributed by atoms with E-state index in [4.69, 9.17) is 16.3 Å². The highest BCUT2D eigenvalue weighted by molar-refractivity contribution is 7.99. The van der Waals surface area contributed by atoms with E-state index in [0.29, 0.717) is 10.2 Å². The quantitative estimate of drug-likeness (QED) is 0.526. The van der Waals surface area contributed by atoms with E-state index in [1.807, 2.05) is 54.0 Å². The number of hydrogen-bond donors (Lipinski definition) is 1. The van der Waals surface area contributed by atoms with E-state index in [1.54, 1.807) is 6.33 Å². The van der Waals surface area contributed by atoms with Crippen LogP contribution in [0.2, 0.25) is 5.02 Å². The number of rotatable bonds is 5. The van der Waals surface area contributed by atoms with Crippen molar-refractivity contribution in [3.05, 3.63) is 64.9 Å². The third kappa shape index (κ3) is 4.80. The van der Waals surface area contributed by atoms with Gasteiger partial charge in [-0.05, 0) is 50.6 Å². The van der Waals surface area contributed by atoms with Gasteiger partial charge >= 0.3 is 0 Å². The number of nitrogens with one attached hydrogen (secondary N) is 1. The first-order chi connectivity index (χ1) is 16.4. The van der Waals surface area contributed by atoms with Crippen molar-refractivity contribution in [2.45, 2.75) is 43.0 Å². The van der Waals surface area contributed by atoms with Crippen LogP contribution in [0.4, 0.5) is 0 Å². The summed E-state index contributed by atoms with van der Waals surface area (Å²) in [6, 6.07) is 13.8. The maximum atomic E-state index is 13.0. The summed E-state index contributed by atoms with van der Waals surface area (Å²) in [5.41, 5.74) is 2.69. The molecule has 1 saturated heterocycles. The van der Waals surface area contributed by atoms with E-state index in [1.165, 1.54) is 11.8 Å². The minimum absolute atomic E-state index is 0.0359. The number of fused-ring (bicyclic) bond motifs is 1. The van der Waals surface area contributed by atoms with Gasteiger partial charge in [0.1, 0.15) is 17.7 Å². The summed E-state index contributed by atoms with van der Waals surface area (Å²) < 4.78 is 8.35. The van der Waals surface area contributed by atoms with Crippen molar-refractivity contribution in [3.63, 3.8) is 0 Å². The molecule has 1 N–H and O–H groups in total. The summed E-state index contributed by atoms with van der Waals surface area (Å²) >= 11 is 7.65. The molecule has 1 aromatic heterocycles. The molecular formula is C25H28ClN5O2S. The number of nitrogens with zero attached hydrogens (tertiary/aromatic N) is 4. The van der Waals surface area contributed by atoms with Crippen LogP contribution in [-0.2, 0) is 4.79 Å². The second-order valence-electron chi connectivity index (χ2n) is 9.16. The summed E-state index contributed by atoms with van der Waals surface area (Å²) in [5.74, 6) is 1.09. The van der Waals surface area contributed by atoms with Crippen LogP contribution in [0.25, 0.3) is 5.69 Å². The van der Waals surface area contributed by atoms with Crippen LogP contribution in [0, 0.1) is 6.92 Å². The van der Waals surface area contributed by atoms with Gasteiger partial charge in [-0.1, -0.05) is 47.6 Å². The van der Waals surface area contributed by atoms with Gasteiger partial charge in [0.15, 0.2) is 5.16 Å². The van der Waals surface area contributed by atoms with E-state index < -0.39 is 0 Å². The average Bonchev–Trinajstić information content (AvgIpc) is 3.30. The Kier molecular flexibility index (Phi) is 6.55. The fourth-order valence-corrected chi connectivity index (χ4v) is 5.59. The molecule has 34 heavy (non-hydrogen) atoms. The van der Waals surface area contributed by atoms with E-state index in [9.17, 15) is 4.79 Å². The lowest BCUT2D eigenvalue weighted by atomic mass is 9.80. The van der Waals surface area contributed by atoms with Crippen LogP contribution < -0.4 is 10.1 Å². The van der Waals surface area contributed by atoms with Crippen LogP contribution in [0.1, 0.15) is 36.4 Å². The molecule has 3 heterocycles. The number of hydrogen-bond acceptors (Lipinski definition) is 6. The van der Waals surface area contributed by atoms with Gasteiger partial charge in [-0.2, -0.15) is 0 Å². The normalized spacial score (nSPS) is 19.4. The Morgan fingerprint density at radius 1 is 1.26 bits per heavy atom. The molecule has 0 aliphatic carbocycles. The Bertz CT molecular complexity index is 1190. The first-order valence-electron chi connectivity index (χ1n) is 11.5.